The summed E-state index contributed by atoms with van der Waals surface area (Å²) in [6, 6.07) is 12.0. The SMILES string of the molecule is C[C@@]1(CNS(=O)(=O)c2ccc(-c3cc4ccccc4o3)nc2)CCC2(C1)NC(=O)NC2=O. The van der Waals surface area contributed by atoms with E-state index in [0.717, 1.165) is 11.0 Å². The molecule has 9 nitrogen and oxygen atoms in total. The topological polar surface area (TPSA) is 130 Å². The molecule has 1 aliphatic heterocycles. The van der Waals surface area contributed by atoms with E-state index < -0.39 is 27.0 Å². The monoisotopic (exact) mass is 454 g/mol. The average molecular weight is 455 g/mol. The summed E-state index contributed by atoms with van der Waals surface area (Å²) < 4.78 is 34.1. The van der Waals surface area contributed by atoms with E-state index in [-0.39, 0.29) is 17.3 Å². The highest BCUT2D eigenvalue weighted by Gasteiger charge is 2.54. The summed E-state index contributed by atoms with van der Waals surface area (Å²) in [5.41, 5.74) is -0.151. The van der Waals surface area contributed by atoms with Crippen LogP contribution in [0.4, 0.5) is 4.79 Å². The molecule has 3 heterocycles. The van der Waals surface area contributed by atoms with Gasteiger partial charge >= 0.3 is 6.03 Å². The van der Waals surface area contributed by atoms with Gasteiger partial charge in [-0.15, -0.1) is 0 Å². The number of para-hydroxylation sites is 1. The number of aromatic nitrogens is 1. The number of carbonyl (C=O) groups is 2. The predicted molar refractivity (Wildman–Crippen MR) is 116 cm³/mol. The minimum atomic E-state index is -3.80. The van der Waals surface area contributed by atoms with E-state index in [1.807, 2.05) is 37.3 Å². The molecule has 2 aromatic heterocycles. The second-order valence-corrected chi connectivity index (χ2v) is 10.6. The molecule has 1 aliphatic carbocycles. The van der Waals surface area contributed by atoms with Crippen molar-refractivity contribution in [1.29, 1.82) is 0 Å². The zero-order valence-electron chi connectivity index (χ0n) is 17.3. The van der Waals surface area contributed by atoms with Crippen LogP contribution in [0.5, 0.6) is 0 Å². The summed E-state index contributed by atoms with van der Waals surface area (Å²) in [7, 11) is -3.80. The van der Waals surface area contributed by atoms with E-state index in [9.17, 15) is 18.0 Å². The third-order valence-electron chi connectivity index (χ3n) is 6.31. The fourth-order valence-electron chi connectivity index (χ4n) is 4.55. The zero-order chi connectivity index (χ0) is 22.6. The molecule has 2 fully saturated rings. The molecule has 5 rings (SSSR count). The van der Waals surface area contributed by atoms with Gasteiger partial charge in [0, 0.05) is 18.1 Å². The van der Waals surface area contributed by atoms with Crippen LogP contribution in [0.3, 0.4) is 0 Å². The third kappa shape index (κ3) is 3.55. The Hall–Kier alpha value is -3.24. The first kappa shape index (κ1) is 20.7. The Bertz CT molecular complexity index is 1300. The van der Waals surface area contributed by atoms with Gasteiger partial charge in [-0.25, -0.2) is 17.9 Å². The van der Waals surface area contributed by atoms with Gasteiger partial charge in [0.05, 0.1) is 0 Å². The molecule has 32 heavy (non-hydrogen) atoms. The highest BCUT2D eigenvalue weighted by atomic mass is 32.2. The molecule has 3 aromatic rings. The summed E-state index contributed by atoms with van der Waals surface area (Å²) in [4.78, 5) is 28.0. The Morgan fingerprint density at radius 1 is 1.16 bits per heavy atom. The van der Waals surface area contributed by atoms with Crippen LogP contribution >= 0.6 is 0 Å². The third-order valence-corrected chi connectivity index (χ3v) is 7.70. The molecule has 3 N–H and O–H groups in total. The first-order valence-electron chi connectivity index (χ1n) is 10.3. The van der Waals surface area contributed by atoms with Crippen LogP contribution in [-0.4, -0.2) is 37.4 Å². The molecule has 1 aromatic carbocycles. The maximum absolute atomic E-state index is 12.8. The first-order chi connectivity index (χ1) is 15.2. The van der Waals surface area contributed by atoms with Crippen LogP contribution in [0.15, 0.2) is 58.0 Å². The average Bonchev–Trinajstić information content (AvgIpc) is 3.42. The molecule has 1 spiro atoms. The quantitative estimate of drug-likeness (QED) is 0.508. The lowest BCUT2D eigenvalue weighted by Gasteiger charge is -2.27. The van der Waals surface area contributed by atoms with E-state index in [0.29, 0.717) is 30.7 Å². The molecule has 2 aliphatic rings. The Kier molecular flexibility index (Phi) is 4.61. The maximum Gasteiger partial charge on any atom is 0.322 e. The number of imide groups is 1. The van der Waals surface area contributed by atoms with Gasteiger partial charge in [-0.1, -0.05) is 25.1 Å². The van der Waals surface area contributed by atoms with E-state index in [1.165, 1.54) is 12.3 Å². The van der Waals surface area contributed by atoms with E-state index in [4.69, 9.17) is 4.42 Å². The van der Waals surface area contributed by atoms with Crippen LogP contribution < -0.4 is 15.4 Å². The molecule has 0 radical (unpaired) electrons. The van der Waals surface area contributed by atoms with Crippen molar-refractivity contribution in [3.05, 3.63) is 48.7 Å². The number of pyridine rings is 1. The fraction of sp³-hybridized carbons (Fsp3) is 0.318. The fourth-order valence-corrected chi connectivity index (χ4v) is 5.69. The van der Waals surface area contributed by atoms with Gasteiger partial charge in [-0.3, -0.25) is 15.1 Å². The number of amides is 3. The van der Waals surface area contributed by atoms with Gasteiger partial charge in [0.2, 0.25) is 10.0 Å². The Labute approximate surface area is 184 Å². The smallest absolute Gasteiger partial charge is 0.322 e. The zero-order valence-corrected chi connectivity index (χ0v) is 18.2. The van der Waals surface area contributed by atoms with Crippen molar-refractivity contribution in [2.75, 3.05) is 6.54 Å². The van der Waals surface area contributed by atoms with Crippen molar-refractivity contribution in [1.82, 2.24) is 20.3 Å². The number of rotatable bonds is 5. The van der Waals surface area contributed by atoms with Crippen molar-refractivity contribution in [2.45, 2.75) is 36.6 Å². The number of hydrogen-bond donors (Lipinski definition) is 3. The van der Waals surface area contributed by atoms with Crippen molar-refractivity contribution >= 4 is 32.9 Å². The van der Waals surface area contributed by atoms with Gasteiger partial charge in [0.1, 0.15) is 21.7 Å². The Morgan fingerprint density at radius 3 is 2.66 bits per heavy atom. The number of furan rings is 1. The predicted octanol–water partition coefficient (Wildman–Crippen LogP) is 2.54. The van der Waals surface area contributed by atoms with E-state index in [1.54, 1.807) is 6.07 Å². The number of nitrogens with zero attached hydrogens (tertiary/aromatic N) is 1. The molecule has 3 amide bonds. The number of hydrogen-bond acceptors (Lipinski definition) is 6. The lowest BCUT2D eigenvalue weighted by molar-refractivity contribution is -0.124. The molecular weight excluding hydrogens is 432 g/mol. The van der Waals surface area contributed by atoms with Gasteiger partial charge in [-0.2, -0.15) is 0 Å². The minimum Gasteiger partial charge on any atom is -0.454 e. The van der Waals surface area contributed by atoms with Crippen LogP contribution in [0.1, 0.15) is 26.2 Å². The van der Waals surface area contributed by atoms with Crippen molar-refractivity contribution < 1.29 is 22.4 Å². The lowest BCUT2D eigenvalue weighted by atomic mass is 9.86. The summed E-state index contributed by atoms with van der Waals surface area (Å²) in [6.07, 6.45) is 2.74. The molecule has 2 atom stereocenters. The normalized spacial score (nSPS) is 25.4. The van der Waals surface area contributed by atoms with Crippen LogP contribution in [0.2, 0.25) is 0 Å². The number of benzene rings is 1. The number of sulfonamides is 1. The standard InChI is InChI=1S/C22H22N4O5S/c1-21(8-9-22(12-21)19(27)25-20(28)26-22)13-24-32(29,30)15-6-7-16(23-11-15)18-10-14-4-2-3-5-17(14)31-18/h2-7,10-11,24H,8-9,12-13H2,1H3,(H2,25,26,27,28)/t21-,22?/m1/s1. The summed E-state index contributed by atoms with van der Waals surface area (Å²) in [5, 5.41) is 5.91. The second-order valence-electron chi connectivity index (χ2n) is 8.83. The number of carbonyl (C=O) groups excluding carboxylic acids is 2. The molecular formula is C22H22N4O5S. The highest BCUT2D eigenvalue weighted by molar-refractivity contribution is 7.89. The minimum absolute atomic E-state index is 0.0422. The number of nitrogens with one attached hydrogen (secondary N) is 3. The van der Waals surface area contributed by atoms with Crippen molar-refractivity contribution in [3.63, 3.8) is 0 Å². The summed E-state index contributed by atoms with van der Waals surface area (Å²) in [6.45, 7) is 2.05. The number of fused-ring (bicyclic) bond motifs is 1. The summed E-state index contributed by atoms with van der Waals surface area (Å²) in [5.74, 6) is 0.211. The second kappa shape index (κ2) is 7.14. The number of urea groups is 1. The van der Waals surface area contributed by atoms with Gasteiger partial charge in [-0.05, 0) is 48.9 Å². The molecule has 1 unspecified atom stereocenters. The molecule has 166 valence electrons. The maximum atomic E-state index is 12.8. The van der Waals surface area contributed by atoms with Crippen molar-refractivity contribution in [2.24, 2.45) is 5.41 Å². The Balaban J connectivity index is 1.29. The Morgan fingerprint density at radius 2 is 1.97 bits per heavy atom. The van der Waals surface area contributed by atoms with E-state index in [2.05, 4.69) is 20.3 Å². The van der Waals surface area contributed by atoms with Gasteiger partial charge in [0.25, 0.3) is 5.91 Å². The van der Waals surface area contributed by atoms with Gasteiger partial charge < -0.3 is 9.73 Å². The van der Waals surface area contributed by atoms with Crippen molar-refractivity contribution in [3.8, 4) is 11.5 Å². The molecule has 1 saturated carbocycles. The highest BCUT2D eigenvalue weighted by Crippen LogP contribution is 2.45. The largest absolute Gasteiger partial charge is 0.454 e. The van der Waals surface area contributed by atoms with Crippen LogP contribution in [0, 0.1) is 5.41 Å². The lowest BCUT2D eigenvalue weighted by Crippen LogP contribution is -2.46. The first-order valence-corrected chi connectivity index (χ1v) is 11.7. The summed E-state index contributed by atoms with van der Waals surface area (Å²) >= 11 is 0. The van der Waals surface area contributed by atoms with E-state index >= 15 is 0 Å². The molecule has 10 heteroatoms. The van der Waals surface area contributed by atoms with Gasteiger partial charge in [0.15, 0.2) is 5.76 Å². The molecule has 0 bridgehead atoms. The molecule has 1 saturated heterocycles. The van der Waals surface area contributed by atoms with Crippen LogP contribution in [0.25, 0.3) is 22.4 Å². The van der Waals surface area contributed by atoms with Crippen LogP contribution in [-0.2, 0) is 14.8 Å².